The minimum absolute atomic E-state index is 0.0125. The van der Waals surface area contributed by atoms with Crippen LogP contribution in [-0.2, 0) is 9.53 Å². The van der Waals surface area contributed by atoms with E-state index in [1.807, 2.05) is 18.2 Å². The molecule has 2 rings (SSSR count). The lowest BCUT2D eigenvalue weighted by Gasteiger charge is -2.36. The molecule has 1 aliphatic heterocycles. The third-order valence-electron chi connectivity index (χ3n) is 3.72. The molecule has 23 heavy (non-hydrogen) atoms. The predicted molar refractivity (Wildman–Crippen MR) is 88.5 cm³/mol. The van der Waals surface area contributed by atoms with E-state index in [-0.39, 0.29) is 18.5 Å². The van der Waals surface area contributed by atoms with E-state index in [1.165, 1.54) is 5.69 Å². The zero-order valence-electron chi connectivity index (χ0n) is 13.5. The Balaban J connectivity index is 1.68. The minimum Gasteiger partial charge on any atom is -0.383 e. The average molecular weight is 320 g/mol. The zero-order valence-corrected chi connectivity index (χ0v) is 13.5. The topological polar surface area (TPSA) is 73.9 Å². The van der Waals surface area contributed by atoms with Crippen molar-refractivity contribution in [2.75, 3.05) is 57.9 Å². The molecule has 0 aliphatic carbocycles. The van der Waals surface area contributed by atoms with Gasteiger partial charge in [-0.05, 0) is 12.1 Å². The average Bonchev–Trinajstić information content (AvgIpc) is 2.61. The smallest absolute Gasteiger partial charge is 0.317 e. The molecule has 1 fully saturated rings. The van der Waals surface area contributed by atoms with Crippen LogP contribution in [0.25, 0.3) is 0 Å². The first kappa shape index (κ1) is 17.1. The Kier molecular flexibility index (Phi) is 6.68. The van der Waals surface area contributed by atoms with Gasteiger partial charge in [0.25, 0.3) is 0 Å². The van der Waals surface area contributed by atoms with Gasteiger partial charge in [-0.2, -0.15) is 0 Å². The first-order valence-corrected chi connectivity index (χ1v) is 7.79. The van der Waals surface area contributed by atoms with Crippen molar-refractivity contribution >= 4 is 17.6 Å². The van der Waals surface area contributed by atoms with E-state index in [1.54, 1.807) is 12.0 Å². The van der Waals surface area contributed by atoms with Crippen LogP contribution in [0.3, 0.4) is 0 Å². The molecule has 1 aromatic rings. The highest BCUT2D eigenvalue weighted by atomic mass is 16.5. The normalized spacial score (nSPS) is 14.5. The van der Waals surface area contributed by atoms with Gasteiger partial charge in [0.15, 0.2) is 0 Å². The molecule has 126 valence electrons. The highest BCUT2D eigenvalue weighted by Crippen LogP contribution is 2.15. The molecule has 7 heteroatoms. The number of anilines is 1. The van der Waals surface area contributed by atoms with Crippen LogP contribution in [0.1, 0.15) is 0 Å². The van der Waals surface area contributed by atoms with Crippen molar-refractivity contribution in [3.05, 3.63) is 30.3 Å². The predicted octanol–water partition coefficient (Wildman–Crippen LogP) is 0.281. The van der Waals surface area contributed by atoms with Crippen molar-refractivity contribution in [1.82, 2.24) is 15.5 Å². The molecule has 1 aromatic carbocycles. The van der Waals surface area contributed by atoms with E-state index in [0.29, 0.717) is 26.2 Å². The SMILES string of the molecule is COCCNC(=O)CNC(=O)N1CCN(c2ccccc2)CC1. The third kappa shape index (κ3) is 5.45. The van der Waals surface area contributed by atoms with E-state index in [4.69, 9.17) is 4.74 Å². The third-order valence-corrected chi connectivity index (χ3v) is 3.72. The van der Waals surface area contributed by atoms with Gasteiger partial charge in [-0.25, -0.2) is 4.79 Å². The van der Waals surface area contributed by atoms with Crippen LogP contribution >= 0.6 is 0 Å². The van der Waals surface area contributed by atoms with Crippen molar-refractivity contribution in [3.63, 3.8) is 0 Å². The van der Waals surface area contributed by atoms with Crippen molar-refractivity contribution in [2.24, 2.45) is 0 Å². The van der Waals surface area contributed by atoms with Crippen molar-refractivity contribution in [3.8, 4) is 0 Å². The summed E-state index contributed by atoms with van der Waals surface area (Å²) in [6.45, 7) is 3.76. The molecule has 0 aromatic heterocycles. The number of methoxy groups -OCH3 is 1. The van der Waals surface area contributed by atoms with E-state index < -0.39 is 0 Å². The number of rotatable bonds is 6. The summed E-state index contributed by atoms with van der Waals surface area (Å²) in [5.41, 5.74) is 1.17. The fourth-order valence-electron chi connectivity index (χ4n) is 2.43. The summed E-state index contributed by atoms with van der Waals surface area (Å²) in [5.74, 6) is -0.210. The number of carbonyl (C=O) groups excluding carboxylic acids is 2. The summed E-state index contributed by atoms with van der Waals surface area (Å²) in [6, 6.07) is 9.96. The summed E-state index contributed by atoms with van der Waals surface area (Å²) < 4.78 is 4.84. The first-order chi connectivity index (χ1) is 11.2. The second-order valence-electron chi connectivity index (χ2n) is 5.31. The number of hydrogen-bond donors (Lipinski definition) is 2. The zero-order chi connectivity index (χ0) is 16.5. The standard InChI is InChI=1S/C16H24N4O3/c1-23-12-7-17-15(21)13-18-16(22)20-10-8-19(9-11-20)14-5-3-2-4-6-14/h2-6H,7-13H2,1H3,(H,17,21)(H,18,22). The van der Waals surface area contributed by atoms with Crippen LogP contribution in [0.15, 0.2) is 30.3 Å². The van der Waals surface area contributed by atoms with Gasteiger partial charge in [0.1, 0.15) is 0 Å². The summed E-state index contributed by atoms with van der Waals surface area (Å²) in [6.07, 6.45) is 0. The fourth-order valence-corrected chi connectivity index (χ4v) is 2.43. The van der Waals surface area contributed by atoms with Gasteiger partial charge < -0.3 is 25.2 Å². The highest BCUT2D eigenvalue weighted by Gasteiger charge is 2.21. The monoisotopic (exact) mass is 320 g/mol. The Bertz CT molecular complexity index is 501. The lowest BCUT2D eigenvalue weighted by Crippen LogP contribution is -2.53. The van der Waals surface area contributed by atoms with E-state index in [0.717, 1.165) is 13.1 Å². The summed E-state index contributed by atoms with van der Waals surface area (Å²) in [4.78, 5) is 27.6. The van der Waals surface area contributed by atoms with Crippen LogP contribution in [0, 0.1) is 0 Å². The lowest BCUT2D eigenvalue weighted by molar-refractivity contribution is -0.120. The second kappa shape index (κ2) is 8.99. The maximum absolute atomic E-state index is 12.1. The summed E-state index contributed by atoms with van der Waals surface area (Å²) in [7, 11) is 1.57. The van der Waals surface area contributed by atoms with Gasteiger partial charge in [-0.1, -0.05) is 18.2 Å². The molecule has 0 bridgehead atoms. The number of piperazine rings is 1. The van der Waals surface area contributed by atoms with Gasteiger partial charge in [0.05, 0.1) is 13.2 Å². The largest absolute Gasteiger partial charge is 0.383 e. The molecule has 7 nitrogen and oxygen atoms in total. The second-order valence-corrected chi connectivity index (χ2v) is 5.31. The maximum Gasteiger partial charge on any atom is 0.317 e. The molecule has 2 N–H and O–H groups in total. The van der Waals surface area contributed by atoms with Crippen LogP contribution in [-0.4, -0.2) is 69.8 Å². The Morgan fingerprint density at radius 2 is 1.78 bits per heavy atom. The number of para-hydroxylation sites is 1. The van der Waals surface area contributed by atoms with Gasteiger partial charge in [-0.15, -0.1) is 0 Å². The molecule has 0 spiro atoms. The number of benzene rings is 1. The molecular formula is C16H24N4O3. The number of ether oxygens (including phenoxy) is 1. The molecule has 1 aliphatic rings. The van der Waals surface area contributed by atoms with Gasteiger partial charge >= 0.3 is 6.03 Å². The van der Waals surface area contributed by atoms with Crippen molar-refractivity contribution < 1.29 is 14.3 Å². The van der Waals surface area contributed by atoms with E-state index in [9.17, 15) is 9.59 Å². The molecular weight excluding hydrogens is 296 g/mol. The first-order valence-electron chi connectivity index (χ1n) is 7.79. The molecule has 0 unspecified atom stereocenters. The van der Waals surface area contributed by atoms with Crippen LogP contribution in [0.4, 0.5) is 10.5 Å². The maximum atomic E-state index is 12.1. The number of nitrogens with one attached hydrogen (secondary N) is 2. The van der Waals surface area contributed by atoms with Crippen LogP contribution < -0.4 is 15.5 Å². The van der Waals surface area contributed by atoms with Crippen molar-refractivity contribution in [2.45, 2.75) is 0 Å². The molecule has 0 saturated carbocycles. The quantitative estimate of drug-likeness (QED) is 0.739. The Morgan fingerprint density at radius 1 is 1.09 bits per heavy atom. The molecule has 0 atom stereocenters. The fraction of sp³-hybridized carbons (Fsp3) is 0.500. The number of hydrogen-bond acceptors (Lipinski definition) is 4. The molecule has 1 heterocycles. The van der Waals surface area contributed by atoms with E-state index >= 15 is 0 Å². The summed E-state index contributed by atoms with van der Waals surface area (Å²) >= 11 is 0. The number of amides is 3. The molecule has 1 saturated heterocycles. The van der Waals surface area contributed by atoms with Gasteiger partial charge in [-0.3, -0.25) is 4.79 Å². The van der Waals surface area contributed by atoms with E-state index in [2.05, 4.69) is 27.7 Å². The van der Waals surface area contributed by atoms with Crippen LogP contribution in [0.5, 0.6) is 0 Å². The van der Waals surface area contributed by atoms with Gasteiger partial charge in [0, 0.05) is 45.5 Å². The Labute approximate surface area is 136 Å². The lowest BCUT2D eigenvalue weighted by atomic mass is 10.2. The Morgan fingerprint density at radius 3 is 2.43 bits per heavy atom. The molecule has 0 radical (unpaired) electrons. The van der Waals surface area contributed by atoms with Gasteiger partial charge in [0.2, 0.25) is 5.91 Å². The minimum atomic E-state index is -0.210. The Hall–Kier alpha value is -2.28. The van der Waals surface area contributed by atoms with Crippen molar-refractivity contribution in [1.29, 1.82) is 0 Å². The number of carbonyl (C=O) groups is 2. The number of nitrogens with zero attached hydrogens (tertiary/aromatic N) is 2. The highest BCUT2D eigenvalue weighted by molar-refractivity contribution is 5.84. The van der Waals surface area contributed by atoms with Crippen LogP contribution in [0.2, 0.25) is 0 Å². The molecule has 3 amide bonds. The summed E-state index contributed by atoms with van der Waals surface area (Å²) in [5, 5.41) is 5.31. The number of urea groups is 1.